The zero-order valence-corrected chi connectivity index (χ0v) is 14.4. The van der Waals surface area contributed by atoms with Gasteiger partial charge in [-0.1, -0.05) is 0 Å². The van der Waals surface area contributed by atoms with E-state index in [1.165, 1.54) is 12.3 Å². The summed E-state index contributed by atoms with van der Waals surface area (Å²) in [6.45, 7) is -0.254. The fourth-order valence-corrected chi connectivity index (χ4v) is 3.82. The van der Waals surface area contributed by atoms with Crippen molar-refractivity contribution in [3.05, 3.63) is 22.7 Å². The third-order valence-corrected chi connectivity index (χ3v) is 5.37. The maximum atomic E-state index is 11.9. The molecule has 0 aliphatic carbocycles. The standard InChI is InChI=1S/C14H20N4O7S/c15-6(1-2-9(19)20)13(23)25-5-7-10(21)11(22)12(26-7)18-4-3-8(16)17-14(18)24/h3-4,6-7,10-12,21-22H,1-2,5,15H2,(H,19,20)(H2,16,17,24)/t6-,7+,10?,11?,12+/m0/s1. The van der Waals surface area contributed by atoms with Crippen molar-refractivity contribution in [2.45, 2.75) is 41.7 Å². The summed E-state index contributed by atoms with van der Waals surface area (Å²) < 4.78 is 6.13. The lowest BCUT2D eigenvalue weighted by Crippen LogP contribution is -2.38. The summed E-state index contributed by atoms with van der Waals surface area (Å²) in [6, 6.07) is 0.287. The Morgan fingerprint density at radius 2 is 2.08 bits per heavy atom. The lowest BCUT2D eigenvalue weighted by molar-refractivity contribution is -0.146. The van der Waals surface area contributed by atoms with Crippen LogP contribution in [0.3, 0.4) is 0 Å². The van der Waals surface area contributed by atoms with Crippen LogP contribution in [0.15, 0.2) is 17.1 Å². The van der Waals surface area contributed by atoms with E-state index >= 15 is 0 Å². The predicted molar refractivity (Wildman–Crippen MR) is 91.1 cm³/mol. The van der Waals surface area contributed by atoms with Crippen LogP contribution in [0, 0.1) is 0 Å². The summed E-state index contributed by atoms with van der Waals surface area (Å²) in [5.41, 5.74) is 10.3. The molecular formula is C14H20N4O7S. The van der Waals surface area contributed by atoms with Crippen molar-refractivity contribution in [2.24, 2.45) is 5.73 Å². The van der Waals surface area contributed by atoms with Gasteiger partial charge in [-0.3, -0.25) is 14.2 Å². The van der Waals surface area contributed by atoms with E-state index in [0.29, 0.717) is 0 Å². The van der Waals surface area contributed by atoms with Crippen LogP contribution in [0.5, 0.6) is 0 Å². The van der Waals surface area contributed by atoms with Crippen LogP contribution in [0.2, 0.25) is 0 Å². The normalized spacial score (nSPS) is 26.4. The fraction of sp³-hybridized carbons (Fsp3) is 0.571. The zero-order valence-electron chi connectivity index (χ0n) is 13.6. The van der Waals surface area contributed by atoms with Gasteiger partial charge in [-0.2, -0.15) is 4.98 Å². The average Bonchev–Trinajstić information content (AvgIpc) is 2.85. The first-order valence-corrected chi connectivity index (χ1v) is 8.65. The molecule has 2 unspecified atom stereocenters. The number of carbonyl (C=O) groups excluding carboxylic acids is 1. The molecule has 1 saturated heterocycles. The van der Waals surface area contributed by atoms with E-state index < -0.39 is 46.5 Å². The van der Waals surface area contributed by atoms with Crippen molar-refractivity contribution in [3.8, 4) is 0 Å². The van der Waals surface area contributed by atoms with Crippen molar-refractivity contribution >= 4 is 29.5 Å². The number of nitrogens with zero attached hydrogens (tertiary/aromatic N) is 2. The highest BCUT2D eigenvalue weighted by molar-refractivity contribution is 8.00. The third-order valence-electron chi connectivity index (χ3n) is 3.82. The molecule has 7 N–H and O–H groups in total. The molecule has 1 aliphatic rings. The molecule has 1 aliphatic heterocycles. The Morgan fingerprint density at radius 1 is 1.38 bits per heavy atom. The average molecular weight is 388 g/mol. The van der Waals surface area contributed by atoms with Crippen molar-refractivity contribution in [1.29, 1.82) is 0 Å². The van der Waals surface area contributed by atoms with Crippen LogP contribution in [0.4, 0.5) is 5.82 Å². The van der Waals surface area contributed by atoms with Crippen LogP contribution in [0.1, 0.15) is 18.2 Å². The molecule has 12 heteroatoms. The molecule has 2 heterocycles. The largest absolute Gasteiger partial charge is 0.481 e. The lowest BCUT2D eigenvalue weighted by atomic mass is 10.1. The first kappa shape index (κ1) is 20.2. The molecule has 2 rings (SSSR count). The number of aromatic nitrogens is 2. The van der Waals surface area contributed by atoms with Gasteiger partial charge in [0.05, 0.1) is 11.4 Å². The maximum absolute atomic E-state index is 11.9. The van der Waals surface area contributed by atoms with Gasteiger partial charge >= 0.3 is 17.6 Å². The topological polar surface area (TPSA) is 191 Å². The molecule has 0 spiro atoms. The molecule has 1 aromatic heterocycles. The van der Waals surface area contributed by atoms with Crippen LogP contribution in [-0.2, 0) is 14.3 Å². The summed E-state index contributed by atoms with van der Waals surface area (Å²) in [5, 5.41) is 27.4. The monoisotopic (exact) mass is 388 g/mol. The van der Waals surface area contributed by atoms with Gasteiger partial charge in [0.25, 0.3) is 0 Å². The van der Waals surface area contributed by atoms with E-state index in [1.54, 1.807) is 0 Å². The number of carbonyl (C=O) groups is 2. The minimum Gasteiger partial charge on any atom is -0.481 e. The van der Waals surface area contributed by atoms with Crippen molar-refractivity contribution in [3.63, 3.8) is 0 Å². The van der Waals surface area contributed by atoms with E-state index in [4.69, 9.17) is 21.3 Å². The van der Waals surface area contributed by atoms with Crippen LogP contribution in [-0.4, -0.2) is 66.9 Å². The number of nitrogen functional groups attached to an aromatic ring is 1. The Kier molecular flexibility index (Phi) is 6.58. The minimum atomic E-state index is -1.28. The minimum absolute atomic E-state index is 0.0325. The summed E-state index contributed by atoms with van der Waals surface area (Å²) in [4.78, 5) is 37.7. The summed E-state index contributed by atoms with van der Waals surface area (Å²) >= 11 is 1.04. The van der Waals surface area contributed by atoms with E-state index in [0.717, 1.165) is 16.3 Å². The SMILES string of the molecule is Nc1ccn([C@@H]2S[C@H](COC(=O)[C@@H](N)CCC(=O)O)C(O)C2O)c(=O)n1. The number of aliphatic hydroxyl groups is 2. The number of anilines is 1. The number of ether oxygens (including phenoxy) is 1. The Hall–Kier alpha value is -2.15. The number of carboxylic acids is 1. The van der Waals surface area contributed by atoms with E-state index in [1.807, 2.05) is 0 Å². The van der Waals surface area contributed by atoms with Crippen molar-refractivity contribution < 1.29 is 29.6 Å². The second-order valence-electron chi connectivity index (χ2n) is 5.76. The molecule has 5 atom stereocenters. The Morgan fingerprint density at radius 3 is 2.69 bits per heavy atom. The van der Waals surface area contributed by atoms with Crippen LogP contribution >= 0.6 is 11.8 Å². The van der Waals surface area contributed by atoms with Gasteiger partial charge in [0, 0.05) is 12.6 Å². The zero-order chi connectivity index (χ0) is 19.4. The number of aliphatic hydroxyl groups excluding tert-OH is 2. The van der Waals surface area contributed by atoms with Gasteiger partial charge in [0.15, 0.2) is 0 Å². The Labute approximate surface area is 152 Å². The van der Waals surface area contributed by atoms with Crippen LogP contribution in [0.25, 0.3) is 0 Å². The molecule has 1 aromatic rings. The molecule has 0 aromatic carbocycles. The second kappa shape index (κ2) is 8.49. The first-order chi connectivity index (χ1) is 12.2. The molecule has 144 valence electrons. The first-order valence-electron chi connectivity index (χ1n) is 7.71. The highest BCUT2D eigenvalue weighted by atomic mass is 32.2. The number of nitrogens with two attached hydrogens (primary N) is 2. The maximum Gasteiger partial charge on any atom is 0.350 e. The number of aliphatic carboxylic acids is 1. The van der Waals surface area contributed by atoms with Gasteiger partial charge in [0.1, 0.15) is 29.9 Å². The molecule has 0 radical (unpaired) electrons. The summed E-state index contributed by atoms with van der Waals surface area (Å²) in [5.74, 6) is -1.85. The molecule has 26 heavy (non-hydrogen) atoms. The Bertz CT molecular complexity index is 727. The van der Waals surface area contributed by atoms with Crippen molar-refractivity contribution in [1.82, 2.24) is 9.55 Å². The van der Waals surface area contributed by atoms with Gasteiger partial charge in [-0.05, 0) is 12.5 Å². The molecule has 0 bridgehead atoms. The smallest absolute Gasteiger partial charge is 0.350 e. The molecular weight excluding hydrogens is 368 g/mol. The molecule has 0 saturated carbocycles. The van der Waals surface area contributed by atoms with Gasteiger partial charge < -0.3 is 31.5 Å². The Balaban J connectivity index is 1.96. The number of thioether (sulfide) groups is 1. The van der Waals surface area contributed by atoms with E-state index in [-0.39, 0.29) is 25.3 Å². The molecule has 11 nitrogen and oxygen atoms in total. The second-order valence-corrected chi connectivity index (χ2v) is 7.12. The summed E-state index contributed by atoms with van der Waals surface area (Å²) in [6.07, 6.45) is -1.53. The highest BCUT2D eigenvalue weighted by Gasteiger charge is 2.44. The van der Waals surface area contributed by atoms with Crippen LogP contribution < -0.4 is 17.2 Å². The lowest BCUT2D eigenvalue weighted by Gasteiger charge is -2.17. The molecule has 0 amide bonds. The number of carboxylic acid groups (broad SMARTS) is 1. The number of rotatable bonds is 7. The number of hydrogen-bond acceptors (Lipinski definition) is 10. The van der Waals surface area contributed by atoms with Gasteiger partial charge in [0.2, 0.25) is 0 Å². The summed E-state index contributed by atoms with van der Waals surface area (Å²) in [7, 11) is 0. The quantitative estimate of drug-likeness (QED) is 0.321. The third kappa shape index (κ3) is 4.72. The number of hydrogen-bond donors (Lipinski definition) is 5. The van der Waals surface area contributed by atoms with E-state index in [2.05, 4.69) is 4.98 Å². The van der Waals surface area contributed by atoms with Gasteiger partial charge in [-0.25, -0.2) is 4.79 Å². The predicted octanol–water partition coefficient (Wildman–Crippen LogP) is -2.10. The molecule has 1 fully saturated rings. The number of esters is 1. The highest BCUT2D eigenvalue weighted by Crippen LogP contribution is 2.41. The van der Waals surface area contributed by atoms with Gasteiger partial charge in [-0.15, -0.1) is 11.8 Å². The van der Waals surface area contributed by atoms with E-state index in [9.17, 15) is 24.6 Å². The van der Waals surface area contributed by atoms with Crippen molar-refractivity contribution in [2.75, 3.05) is 12.3 Å². The fourth-order valence-electron chi connectivity index (χ4n) is 2.38.